The maximum Gasteiger partial charge on any atom is 0.0240 e. The van der Waals surface area contributed by atoms with Crippen molar-refractivity contribution in [3.05, 3.63) is 0 Å². The Morgan fingerprint density at radius 3 is 2.64 bits per heavy atom. The van der Waals surface area contributed by atoms with E-state index in [0.717, 1.165) is 6.42 Å². The molecule has 0 aromatic carbocycles. The first-order valence-corrected chi connectivity index (χ1v) is 4.45. The van der Waals surface area contributed by atoms with Gasteiger partial charge in [0.15, 0.2) is 0 Å². The Morgan fingerprint density at radius 1 is 1.45 bits per heavy atom. The lowest BCUT2D eigenvalue weighted by atomic mass is 10.1. The average Bonchev–Trinajstić information content (AvgIpc) is 2.03. The predicted octanol–water partition coefficient (Wildman–Crippen LogP) is 2.18. The zero-order valence-corrected chi connectivity index (χ0v) is 7.69. The van der Waals surface area contributed by atoms with Crippen molar-refractivity contribution in [3.8, 4) is 12.3 Å². The summed E-state index contributed by atoms with van der Waals surface area (Å²) in [6.07, 6.45) is 11.2. The van der Waals surface area contributed by atoms with Crippen LogP contribution in [0.2, 0.25) is 0 Å². The van der Waals surface area contributed by atoms with Crippen LogP contribution in [0.4, 0.5) is 0 Å². The van der Waals surface area contributed by atoms with Crippen LogP contribution in [-0.2, 0) is 0 Å². The van der Waals surface area contributed by atoms with Gasteiger partial charge < -0.3 is 5.32 Å². The topological polar surface area (TPSA) is 12.0 Å². The van der Waals surface area contributed by atoms with Crippen molar-refractivity contribution in [2.75, 3.05) is 7.05 Å². The fourth-order valence-electron chi connectivity index (χ4n) is 1.13. The van der Waals surface area contributed by atoms with Crippen molar-refractivity contribution in [2.24, 2.45) is 0 Å². The first-order valence-electron chi connectivity index (χ1n) is 4.45. The summed E-state index contributed by atoms with van der Waals surface area (Å²) >= 11 is 0. The summed E-state index contributed by atoms with van der Waals surface area (Å²) in [6, 6.07) is 0.534. The summed E-state index contributed by atoms with van der Waals surface area (Å²) in [7, 11) is 1.98. The van der Waals surface area contributed by atoms with E-state index in [1.165, 1.54) is 25.7 Å². The van der Waals surface area contributed by atoms with Crippen LogP contribution in [0.15, 0.2) is 0 Å². The standard InChI is InChI=1S/C10H19N/c1-4-6-7-9-10(11-3)8-5-2/h2,10-11H,4,6-9H2,1,3H3. The van der Waals surface area contributed by atoms with Crippen LogP contribution in [0.3, 0.4) is 0 Å². The van der Waals surface area contributed by atoms with Gasteiger partial charge in [-0.25, -0.2) is 0 Å². The molecule has 0 bridgehead atoms. The fourth-order valence-corrected chi connectivity index (χ4v) is 1.13. The van der Waals surface area contributed by atoms with Gasteiger partial charge in [0.1, 0.15) is 0 Å². The smallest absolute Gasteiger partial charge is 0.0240 e. The van der Waals surface area contributed by atoms with Gasteiger partial charge in [-0.05, 0) is 13.5 Å². The van der Waals surface area contributed by atoms with Gasteiger partial charge in [-0.15, -0.1) is 12.3 Å². The lowest BCUT2D eigenvalue weighted by molar-refractivity contribution is 0.501. The molecule has 0 rings (SSSR count). The largest absolute Gasteiger partial charge is 0.316 e. The zero-order chi connectivity index (χ0) is 8.53. The Labute approximate surface area is 70.6 Å². The summed E-state index contributed by atoms with van der Waals surface area (Å²) in [6.45, 7) is 2.22. The molecule has 0 saturated heterocycles. The van der Waals surface area contributed by atoms with Crippen molar-refractivity contribution >= 4 is 0 Å². The molecule has 1 heteroatoms. The molecule has 1 unspecified atom stereocenters. The molecule has 0 radical (unpaired) electrons. The summed E-state index contributed by atoms with van der Waals surface area (Å²) in [5.41, 5.74) is 0. The first-order chi connectivity index (χ1) is 5.35. The van der Waals surface area contributed by atoms with Crippen molar-refractivity contribution in [1.82, 2.24) is 5.32 Å². The van der Waals surface area contributed by atoms with Gasteiger partial charge >= 0.3 is 0 Å². The van der Waals surface area contributed by atoms with Crippen molar-refractivity contribution in [1.29, 1.82) is 0 Å². The maximum atomic E-state index is 5.22. The number of nitrogens with one attached hydrogen (secondary N) is 1. The zero-order valence-electron chi connectivity index (χ0n) is 7.69. The van der Waals surface area contributed by atoms with Crippen molar-refractivity contribution < 1.29 is 0 Å². The highest BCUT2D eigenvalue weighted by molar-refractivity contribution is 4.89. The Balaban J connectivity index is 3.30. The van der Waals surface area contributed by atoms with Gasteiger partial charge in [0.2, 0.25) is 0 Å². The molecule has 1 N–H and O–H groups in total. The van der Waals surface area contributed by atoms with E-state index in [1.54, 1.807) is 0 Å². The second-order valence-electron chi connectivity index (χ2n) is 2.89. The second-order valence-corrected chi connectivity index (χ2v) is 2.89. The number of rotatable bonds is 6. The van der Waals surface area contributed by atoms with Crippen LogP contribution < -0.4 is 5.32 Å². The summed E-state index contributed by atoms with van der Waals surface area (Å²) in [4.78, 5) is 0. The minimum Gasteiger partial charge on any atom is -0.316 e. The van der Waals surface area contributed by atoms with Gasteiger partial charge in [0.25, 0.3) is 0 Å². The molecule has 0 aromatic heterocycles. The van der Waals surface area contributed by atoms with Crippen LogP contribution in [0.5, 0.6) is 0 Å². The van der Waals surface area contributed by atoms with Crippen LogP contribution in [0.1, 0.15) is 39.0 Å². The summed E-state index contributed by atoms with van der Waals surface area (Å²) in [5, 5.41) is 3.22. The molecule has 0 saturated carbocycles. The molecule has 11 heavy (non-hydrogen) atoms. The molecule has 64 valence electrons. The average molecular weight is 153 g/mol. The molecule has 0 aliphatic rings. The van der Waals surface area contributed by atoms with E-state index in [0.29, 0.717) is 6.04 Å². The van der Waals surface area contributed by atoms with Crippen molar-refractivity contribution in [2.45, 2.75) is 45.1 Å². The van der Waals surface area contributed by atoms with E-state index in [9.17, 15) is 0 Å². The van der Waals surface area contributed by atoms with Crippen LogP contribution in [0, 0.1) is 12.3 Å². The molecule has 1 atom stereocenters. The summed E-state index contributed by atoms with van der Waals surface area (Å²) < 4.78 is 0. The second kappa shape index (κ2) is 7.63. The van der Waals surface area contributed by atoms with Crippen molar-refractivity contribution in [3.63, 3.8) is 0 Å². The normalized spacial score (nSPS) is 12.5. The first kappa shape index (κ1) is 10.5. The summed E-state index contributed by atoms with van der Waals surface area (Å²) in [5.74, 6) is 2.68. The highest BCUT2D eigenvalue weighted by atomic mass is 14.9. The Hall–Kier alpha value is -0.480. The third-order valence-corrected chi connectivity index (χ3v) is 1.93. The Kier molecular flexibility index (Phi) is 7.29. The van der Waals surface area contributed by atoms with Crippen LogP contribution >= 0.6 is 0 Å². The quantitative estimate of drug-likeness (QED) is 0.455. The molecule has 0 spiro atoms. The third kappa shape index (κ3) is 5.94. The fraction of sp³-hybridized carbons (Fsp3) is 0.800. The molecular weight excluding hydrogens is 134 g/mol. The number of terminal acetylenes is 1. The van der Waals surface area contributed by atoms with Gasteiger partial charge in [-0.2, -0.15) is 0 Å². The highest BCUT2D eigenvalue weighted by Gasteiger charge is 2.01. The molecule has 0 amide bonds. The minimum absolute atomic E-state index is 0.534. The molecule has 1 nitrogen and oxygen atoms in total. The Bertz CT molecular complexity index is 113. The monoisotopic (exact) mass is 153 g/mol. The number of hydrogen-bond acceptors (Lipinski definition) is 1. The van der Waals surface area contributed by atoms with E-state index in [4.69, 9.17) is 6.42 Å². The Morgan fingerprint density at radius 2 is 2.18 bits per heavy atom. The predicted molar refractivity (Wildman–Crippen MR) is 50.4 cm³/mol. The number of unbranched alkanes of at least 4 members (excludes halogenated alkanes) is 2. The van der Waals surface area contributed by atoms with Crippen LogP contribution in [-0.4, -0.2) is 13.1 Å². The van der Waals surface area contributed by atoms with E-state index in [2.05, 4.69) is 18.2 Å². The number of hydrogen-bond donors (Lipinski definition) is 1. The molecule has 0 fully saturated rings. The highest BCUT2D eigenvalue weighted by Crippen LogP contribution is 2.04. The van der Waals surface area contributed by atoms with E-state index < -0.39 is 0 Å². The lowest BCUT2D eigenvalue weighted by Crippen LogP contribution is -2.24. The lowest BCUT2D eigenvalue weighted by Gasteiger charge is -2.11. The maximum absolute atomic E-state index is 5.22. The van der Waals surface area contributed by atoms with Gasteiger partial charge in [-0.1, -0.05) is 26.2 Å². The molecule has 0 heterocycles. The van der Waals surface area contributed by atoms with Crippen LogP contribution in [0.25, 0.3) is 0 Å². The van der Waals surface area contributed by atoms with E-state index in [1.807, 2.05) is 7.05 Å². The third-order valence-electron chi connectivity index (χ3n) is 1.93. The molecule has 0 aliphatic carbocycles. The molecular formula is C10H19N. The SMILES string of the molecule is C#CCC(CCCCC)NC. The van der Waals surface area contributed by atoms with Gasteiger partial charge in [-0.3, -0.25) is 0 Å². The minimum atomic E-state index is 0.534. The van der Waals surface area contributed by atoms with Gasteiger partial charge in [0.05, 0.1) is 0 Å². The van der Waals surface area contributed by atoms with E-state index >= 15 is 0 Å². The van der Waals surface area contributed by atoms with Gasteiger partial charge in [0, 0.05) is 12.5 Å². The van der Waals surface area contributed by atoms with E-state index in [-0.39, 0.29) is 0 Å². The molecule has 0 aromatic rings. The molecule has 0 aliphatic heterocycles.